The lowest BCUT2D eigenvalue weighted by molar-refractivity contribution is 0.0690. The van der Waals surface area contributed by atoms with Crippen LogP contribution in [0.2, 0.25) is 0 Å². The standard InChI is InChI=1S/C14H11N5O2/c1-19-13-5-3-9(6-11(13)17-18-19)2-4-10-7-12(14(20)21)16-8-15-10/h2-8H,1H3,(H,20,21)/b4-2+. The van der Waals surface area contributed by atoms with Gasteiger partial charge in [0.15, 0.2) is 5.69 Å². The number of hydrogen-bond acceptors (Lipinski definition) is 5. The Hall–Kier alpha value is -3.09. The number of benzene rings is 1. The number of aromatic carboxylic acids is 1. The number of fused-ring (bicyclic) bond motifs is 1. The highest BCUT2D eigenvalue weighted by Crippen LogP contribution is 2.14. The smallest absolute Gasteiger partial charge is 0.354 e. The van der Waals surface area contributed by atoms with Gasteiger partial charge >= 0.3 is 5.97 Å². The van der Waals surface area contributed by atoms with E-state index in [4.69, 9.17) is 5.11 Å². The maximum Gasteiger partial charge on any atom is 0.354 e. The van der Waals surface area contributed by atoms with E-state index in [0.717, 1.165) is 16.6 Å². The number of aryl methyl sites for hydroxylation is 1. The summed E-state index contributed by atoms with van der Waals surface area (Å²) in [7, 11) is 1.83. The van der Waals surface area contributed by atoms with Crippen molar-refractivity contribution in [1.29, 1.82) is 0 Å². The van der Waals surface area contributed by atoms with Crippen molar-refractivity contribution in [3.05, 3.63) is 47.5 Å². The molecule has 1 N–H and O–H groups in total. The number of hydrogen-bond donors (Lipinski definition) is 1. The van der Waals surface area contributed by atoms with Crippen molar-refractivity contribution in [2.75, 3.05) is 0 Å². The summed E-state index contributed by atoms with van der Waals surface area (Å²) >= 11 is 0. The van der Waals surface area contributed by atoms with Crippen molar-refractivity contribution in [1.82, 2.24) is 25.0 Å². The number of carboxylic acids is 1. The number of carboxylic acid groups (broad SMARTS) is 1. The predicted octanol–water partition coefficient (Wildman–Crippen LogP) is 1.63. The summed E-state index contributed by atoms with van der Waals surface area (Å²) in [5.74, 6) is -1.08. The van der Waals surface area contributed by atoms with Crippen LogP contribution in [0.5, 0.6) is 0 Å². The molecule has 0 unspecified atom stereocenters. The second-order valence-electron chi connectivity index (χ2n) is 4.43. The van der Waals surface area contributed by atoms with E-state index in [1.165, 1.54) is 12.4 Å². The Morgan fingerprint density at radius 2 is 2.10 bits per heavy atom. The van der Waals surface area contributed by atoms with Crippen molar-refractivity contribution in [2.24, 2.45) is 7.05 Å². The van der Waals surface area contributed by atoms with Gasteiger partial charge in [-0.15, -0.1) is 5.10 Å². The fourth-order valence-electron chi connectivity index (χ4n) is 1.92. The zero-order chi connectivity index (χ0) is 14.8. The maximum absolute atomic E-state index is 10.8. The maximum atomic E-state index is 10.8. The summed E-state index contributed by atoms with van der Waals surface area (Å²) in [6, 6.07) is 7.18. The molecule has 0 aliphatic heterocycles. The molecular weight excluding hydrogens is 270 g/mol. The minimum atomic E-state index is -1.08. The van der Waals surface area contributed by atoms with Crippen molar-refractivity contribution in [2.45, 2.75) is 0 Å². The number of carbonyl (C=O) groups is 1. The molecule has 7 nitrogen and oxygen atoms in total. The minimum absolute atomic E-state index is 0.0333. The highest BCUT2D eigenvalue weighted by molar-refractivity contribution is 5.86. The van der Waals surface area contributed by atoms with Gasteiger partial charge < -0.3 is 5.11 Å². The Kier molecular flexibility index (Phi) is 3.15. The first-order valence-electron chi connectivity index (χ1n) is 6.16. The van der Waals surface area contributed by atoms with Crippen molar-refractivity contribution in [3.63, 3.8) is 0 Å². The van der Waals surface area contributed by atoms with E-state index in [-0.39, 0.29) is 5.69 Å². The highest BCUT2D eigenvalue weighted by Gasteiger charge is 2.04. The highest BCUT2D eigenvalue weighted by atomic mass is 16.4. The lowest BCUT2D eigenvalue weighted by Crippen LogP contribution is -2.00. The molecule has 0 radical (unpaired) electrons. The van der Waals surface area contributed by atoms with Gasteiger partial charge in [-0.2, -0.15) is 0 Å². The van der Waals surface area contributed by atoms with E-state index < -0.39 is 5.97 Å². The van der Waals surface area contributed by atoms with Gasteiger partial charge in [-0.3, -0.25) is 0 Å². The lowest BCUT2D eigenvalue weighted by Gasteiger charge is -1.97. The second kappa shape index (κ2) is 5.12. The molecule has 7 heteroatoms. The molecule has 0 fully saturated rings. The molecule has 0 saturated heterocycles. The van der Waals surface area contributed by atoms with Gasteiger partial charge in [-0.1, -0.05) is 17.4 Å². The second-order valence-corrected chi connectivity index (χ2v) is 4.43. The predicted molar refractivity (Wildman–Crippen MR) is 76.4 cm³/mol. The average Bonchev–Trinajstić information content (AvgIpc) is 2.86. The largest absolute Gasteiger partial charge is 0.477 e. The summed E-state index contributed by atoms with van der Waals surface area (Å²) in [5, 5.41) is 16.9. The van der Waals surface area contributed by atoms with E-state index in [1.807, 2.05) is 31.3 Å². The summed E-state index contributed by atoms with van der Waals surface area (Å²) in [6.07, 6.45) is 4.79. The fourth-order valence-corrected chi connectivity index (χ4v) is 1.92. The molecule has 0 aliphatic carbocycles. The molecule has 1 aromatic carbocycles. The van der Waals surface area contributed by atoms with Gasteiger partial charge in [0.25, 0.3) is 0 Å². The first-order chi connectivity index (χ1) is 10.1. The topological polar surface area (TPSA) is 93.8 Å². The molecule has 21 heavy (non-hydrogen) atoms. The Balaban J connectivity index is 1.90. The third-order valence-corrected chi connectivity index (χ3v) is 2.99. The van der Waals surface area contributed by atoms with Crippen molar-refractivity contribution in [3.8, 4) is 0 Å². The van der Waals surface area contributed by atoms with Crippen LogP contribution in [0.25, 0.3) is 23.2 Å². The van der Waals surface area contributed by atoms with Crippen LogP contribution in [0, 0.1) is 0 Å². The summed E-state index contributed by atoms with van der Waals surface area (Å²) in [5.41, 5.74) is 3.17. The molecule has 0 amide bonds. The van der Waals surface area contributed by atoms with E-state index in [9.17, 15) is 4.79 Å². The van der Waals surface area contributed by atoms with Gasteiger partial charge in [0.05, 0.1) is 11.2 Å². The molecule has 104 valence electrons. The molecule has 2 aromatic heterocycles. The minimum Gasteiger partial charge on any atom is -0.477 e. The molecule has 0 aliphatic rings. The van der Waals surface area contributed by atoms with Gasteiger partial charge in [0, 0.05) is 7.05 Å². The van der Waals surface area contributed by atoms with Crippen molar-refractivity contribution >= 4 is 29.2 Å². The van der Waals surface area contributed by atoms with Crippen LogP contribution in [-0.4, -0.2) is 36.0 Å². The molecule has 0 spiro atoms. The zero-order valence-electron chi connectivity index (χ0n) is 11.1. The monoisotopic (exact) mass is 281 g/mol. The SMILES string of the molecule is Cn1nnc2cc(/C=C/c3cc(C(=O)O)ncn3)ccc21. The van der Waals surface area contributed by atoms with E-state index in [1.54, 1.807) is 10.8 Å². The Morgan fingerprint density at radius 3 is 2.90 bits per heavy atom. The fraction of sp³-hybridized carbons (Fsp3) is 0.0714. The van der Waals surface area contributed by atoms with E-state index in [2.05, 4.69) is 20.3 Å². The van der Waals surface area contributed by atoms with Crippen LogP contribution < -0.4 is 0 Å². The zero-order valence-corrected chi connectivity index (χ0v) is 11.1. The summed E-state index contributed by atoms with van der Waals surface area (Å²) in [6.45, 7) is 0. The lowest BCUT2D eigenvalue weighted by atomic mass is 10.1. The summed E-state index contributed by atoms with van der Waals surface area (Å²) in [4.78, 5) is 18.5. The molecule has 0 atom stereocenters. The van der Waals surface area contributed by atoms with Gasteiger partial charge in [0.1, 0.15) is 11.8 Å². The molecule has 2 heterocycles. The molecule has 3 rings (SSSR count). The van der Waals surface area contributed by atoms with Crippen LogP contribution >= 0.6 is 0 Å². The number of aromatic nitrogens is 5. The van der Waals surface area contributed by atoms with Gasteiger partial charge in [-0.05, 0) is 29.8 Å². The molecule has 0 saturated carbocycles. The molecule has 0 bridgehead atoms. The number of rotatable bonds is 3. The van der Waals surface area contributed by atoms with Gasteiger partial charge in [-0.25, -0.2) is 19.4 Å². The Morgan fingerprint density at radius 1 is 1.24 bits per heavy atom. The molecular formula is C14H11N5O2. The average molecular weight is 281 g/mol. The Labute approximate surface area is 119 Å². The molecule has 3 aromatic rings. The van der Waals surface area contributed by atoms with Crippen LogP contribution in [0.3, 0.4) is 0 Å². The van der Waals surface area contributed by atoms with E-state index >= 15 is 0 Å². The summed E-state index contributed by atoms with van der Waals surface area (Å²) < 4.78 is 1.70. The first-order valence-corrected chi connectivity index (χ1v) is 6.16. The third kappa shape index (κ3) is 2.62. The van der Waals surface area contributed by atoms with Gasteiger partial charge in [0.2, 0.25) is 0 Å². The number of nitrogens with zero attached hydrogens (tertiary/aromatic N) is 5. The van der Waals surface area contributed by atoms with Crippen LogP contribution in [0.1, 0.15) is 21.7 Å². The van der Waals surface area contributed by atoms with Crippen LogP contribution in [-0.2, 0) is 7.05 Å². The third-order valence-electron chi connectivity index (χ3n) is 2.99. The first kappa shape index (κ1) is 12.9. The normalized spacial score (nSPS) is 11.3. The quantitative estimate of drug-likeness (QED) is 0.784. The van der Waals surface area contributed by atoms with Crippen LogP contribution in [0.15, 0.2) is 30.6 Å². The van der Waals surface area contributed by atoms with Crippen LogP contribution in [0.4, 0.5) is 0 Å². The Bertz CT molecular complexity index is 853. The van der Waals surface area contributed by atoms with Crippen molar-refractivity contribution < 1.29 is 9.90 Å². The van der Waals surface area contributed by atoms with E-state index in [0.29, 0.717) is 5.69 Å².